The van der Waals surface area contributed by atoms with E-state index in [0.29, 0.717) is 25.7 Å². The summed E-state index contributed by atoms with van der Waals surface area (Å²) in [5, 5.41) is 10.6. The van der Waals surface area contributed by atoms with Crippen LogP contribution in [-0.2, 0) is 65.4 Å². The predicted octanol–water partition coefficient (Wildman–Crippen LogP) is 23.7. The van der Waals surface area contributed by atoms with Gasteiger partial charge in [0.05, 0.1) is 26.4 Å². The van der Waals surface area contributed by atoms with E-state index in [1.165, 1.54) is 225 Å². The zero-order chi connectivity index (χ0) is 73.0. The van der Waals surface area contributed by atoms with Gasteiger partial charge in [0.1, 0.15) is 19.3 Å². The minimum atomic E-state index is -4.96. The Morgan fingerprint density at radius 2 is 0.465 bits per heavy atom. The van der Waals surface area contributed by atoms with Gasteiger partial charge in [0, 0.05) is 25.7 Å². The van der Waals surface area contributed by atoms with Crippen molar-refractivity contribution in [2.75, 3.05) is 39.6 Å². The number of unbranched alkanes of at least 4 members (excludes halogenated alkanes) is 46. The third-order valence-corrected chi connectivity index (χ3v) is 20.5. The fourth-order valence-electron chi connectivity index (χ4n) is 12.3. The largest absolute Gasteiger partial charge is 0.472 e. The fourth-order valence-corrected chi connectivity index (χ4v) is 13.9. The van der Waals surface area contributed by atoms with Crippen molar-refractivity contribution in [1.82, 2.24) is 0 Å². The van der Waals surface area contributed by atoms with Crippen LogP contribution in [0, 0.1) is 17.8 Å². The van der Waals surface area contributed by atoms with E-state index >= 15 is 0 Å². The molecule has 0 aromatic carbocycles. The highest BCUT2D eigenvalue weighted by Crippen LogP contribution is 2.45. The van der Waals surface area contributed by atoms with E-state index in [4.69, 9.17) is 37.0 Å². The van der Waals surface area contributed by atoms with Crippen molar-refractivity contribution in [3.05, 3.63) is 0 Å². The SMILES string of the molecule is CCCCCCCCCCCCCCCCCCC(=O)OC[C@H](COP(=O)(O)OC[C@@H](O)COP(=O)(O)OC[C@@H](COC(=O)CCCCCCCCCCCC(C)C)OC(=O)CCCCCCCCCCCCCC(C)C)OC(=O)CCCCCCCCCCCCCCCCC(C)C. The lowest BCUT2D eigenvalue weighted by Crippen LogP contribution is -2.30. The fraction of sp³-hybridized carbons (Fsp3) is 0.950. The second kappa shape index (κ2) is 70.4. The number of esters is 4. The number of carbonyl (C=O) groups is 4. The van der Waals surface area contributed by atoms with E-state index in [0.717, 1.165) is 108 Å². The average molecular weight is 1450 g/mol. The molecule has 2 unspecified atom stereocenters. The Hall–Kier alpha value is -1.94. The van der Waals surface area contributed by atoms with Crippen LogP contribution in [0.5, 0.6) is 0 Å². The summed E-state index contributed by atoms with van der Waals surface area (Å²) in [6.45, 7) is 11.9. The maximum atomic E-state index is 13.1. The molecule has 0 fully saturated rings. The van der Waals surface area contributed by atoms with Gasteiger partial charge >= 0.3 is 39.5 Å². The second-order valence-corrected chi connectivity index (χ2v) is 33.1. The topological polar surface area (TPSA) is 237 Å². The molecule has 0 radical (unpaired) electrons. The number of phosphoric ester groups is 2. The highest BCUT2D eigenvalue weighted by Gasteiger charge is 2.30. The Balaban J connectivity index is 5.27. The van der Waals surface area contributed by atoms with E-state index in [1.54, 1.807) is 0 Å². The number of hydrogen-bond acceptors (Lipinski definition) is 15. The van der Waals surface area contributed by atoms with Crippen LogP contribution in [0.25, 0.3) is 0 Å². The Kier molecular flexibility index (Phi) is 69.0. The van der Waals surface area contributed by atoms with Crippen LogP contribution in [0.1, 0.15) is 414 Å². The molecule has 0 heterocycles. The number of ether oxygens (including phenoxy) is 4. The van der Waals surface area contributed by atoms with Crippen LogP contribution in [0.15, 0.2) is 0 Å². The summed E-state index contributed by atoms with van der Waals surface area (Å²) in [6.07, 6.45) is 58.2. The zero-order valence-electron chi connectivity index (χ0n) is 65.0. The molecule has 0 aliphatic carbocycles. The number of carbonyl (C=O) groups excluding carboxylic acids is 4. The number of hydrogen-bond donors (Lipinski definition) is 3. The molecular weight excluding hydrogens is 1290 g/mol. The van der Waals surface area contributed by atoms with E-state index in [2.05, 4.69) is 48.5 Å². The maximum absolute atomic E-state index is 13.1. The molecule has 588 valence electrons. The number of aliphatic hydroxyl groups is 1. The van der Waals surface area contributed by atoms with Crippen molar-refractivity contribution >= 4 is 39.5 Å². The molecule has 0 aliphatic heterocycles. The minimum Gasteiger partial charge on any atom is -0.462 e. The highest BCUT2D eigenvalue weighted by molar-refractivity contribution is 7.47. The van der Waals surface area contributed by atoms with E-state index in [9.17, 15) is 43.2 Å². The number of rotatable bonds is 78. The summed E-state index contributed by atoms with van der Waals surface area (Å²) < 4.78 is 68.7. The van der Waals surface area contributed by atoms with Crippen LogP contribution in [0.3, 0.4) is 0 Å². The first kappa shape index (κ1) is 97.1. The first-order valence-electron chi connectivity index (χ1n) is 41.3. The second-order valence-electron chi connectivity index (χ2n) is 30.2. The van der Waals surface area contributed by atoms with Gasteiger partial charge in [0.25, 0.3) is 0 Å². The molecule has 0 aromatic rings. The van der Waals surface area contributed by atoms with Crippen LogP contribution in [0.2, 0.25) is 0 Å². The van der Waals surface area contributed by atoms with Crippen molar-refractivity contribution in [2.45, 2.75) is 433 Å². The lowest BCUT2D eigenvalue weighted by atomic mass is 10.0. The number of aliphatic hydroxyl groups excluding tert-OH is 1. The van der Waals surface area contributed by atoms with E-state index in [-0.39, 0.29) is 25.7 Å². The molecule has 19 heteroatoms. The highest BCUT2D eigenvalue weighted by atomic mass is 31.2. The maximum Gasteiger partial charge on any atom is 0.472 e. The van der Waals surface area contributed by atoms with Crippen molar-refractivity contribution in [1.29, 1.82) is 0 Å². The van der Waals surface area contributed by atoms with Crippen LogP contribution in [-0.4, -0.2) is 96.7 Å². The molecule has 99 heavy (non-hydrogen) atoms. The Bertz CT molecular complexity index is 1920. The molecule has 0 rings (SSSR count). The van der Waals surface area contributed by atoms with Crippen molar-refractivity contribution in [3.8, 4) is 0 Å². The molecule has 0 bridgehead atoms. The quantitative estimate of drug-likeness (QED) is 0.0222. The van der Waals surface area contributed by atoms with E-state index in [1.807, 2.05) is 0 Å². The zero-order valence-corrected chi connectivity index (χ0v) is 66.8. The molecule has 3 N–H and O–H groups in total. The smallest absolute Gasteiger partial charge is 0.462 e. The molecule has 0 saturated heterocycles. The summed E-state index contributed by atoms with van der Waals surface area (Å²) in [7, 11) is -9.92. The lowest BCUT2D eigenvalue weighted by molar-refractivity contribution is -0.161. The summed E-state index contributed by atoms with van der Waals surface area (Å²) in [5.41, 5.74) is 0. The molecule has 0 saturated carbocycles. The Morgan fingerprint density at radius 1 is 0.273 bits per heavy atom. The molecule has 5 atom stereocenters. The van der Waals surface area contributed by atoms with Gasteiger partial charge in [0.2, 0.25) is 0 Å². The third kappa shape index (κ3) is 74.1. The summed E-state index contributed by atoms with van der Waals surface area (Å²) in [5.74, 6) is 0.193. The van der Waals surface area contributed by atoms with Gasteiger partial charge in [-0.25, -0.2) is 9.13 Å². The Labute approximate surface area is 607 Å². The minimum absolute atomic E-state index is 0.106. The normalized spacial score (nSPS) is 14.0. The summed E-state index contributed by atoms with van der Waals surface area (Å²) >= 11 is 0. The van der Waals surface area contributed by atoms with Crippen molar-refractivity contribution in [2.24, 2.45) is 17.8 Å². The third-order valence-electron chi connectivity index (χ3n) is 18.6. The standard InChI is InChI=1S/C80H156O17P2/c1-8-9-10-11-12-13-14-15-16-17-21-26-33-40-47-54-61-77(82)90-67-75(96-79(84)63-56-49-42-34-27-22-19-18-20-24-30-37-44-51-58-71(2)3)69-94-98(86,87)92-65-74(81)66-93-99(88,89)95-70-76(68-91-78(83)62-55-48-41-36-29-32-39-46-53-60-73(6)7)97-80(85)64-57-50-43-35-28-23-25-31-38-45-52-59-72(4)5/h71-76,81H,8-70H2,1-7H3,(H,86,87)(H,88,89)/t74-,75-,76-/m1/s1. The molecule has 0 aromatic heterocycles. The summed E-state index contributed by atoms with van der Waals surface area (Å²) in [6, 6.07) is 0. The van der Waals surface area contributed by atoms with Gasteiger partial charge in [-0.1, -0.05) is 363 Å². The van der Waals surface area contributed by atoms with Gasteiger partial charge in [-0.05, 0) is 43.4 Å². The van der Waals surface area contributed by atoms with Gasteiger partial charge in [-0.15, -0.1) is 0 Å². The Morgan fingerprint density at radius 3 is 0.687 bits per heavy atom. The molecule has 17 nitrogen and oxygen atoms in total. The molecule has 0 spiro atoms. The van der Waals surface area contributed by atoms with Gasteiger partial charge in [-0.2, -0.15) is 0 Å². The first-order valence-corrected chi connectivity index (χ1v) is 44.3. The van der Waals surface area contributed by atoms with Gasteiger partial charge in [-0.3, -0.25) is 37.3 Å². The summed E-state index contributed by atoms with van der Waals surface area (Å²) in [4.78, 5) is 73.0. The lowest BCUT2D eigenvalue weighted by Gasteiger charge is -2.21. The first-order chi connectivity index (χ1) is 47.7. The molecular formula is C80H156O17P2. The molecule has 0 amide bonds. The van der Waals surface area contributed by atoms with Gasteiger partial charge in [0.15, 0.2) is 12.2 Å². The van der Waals surface area contributed by atoms with Gasteiger partial charge < -0.3 is 33.8 Å². The van der Waals surface area contributed by atoms with Crippen LogP contribution in [0.4, 0.5) is 0 Å². The van der Waals surface area contributed by atoms with E-state index < -0.39 is 97.5 Å². The van der Waals surface area contributed by atoms with Crippen molar-refractivity contribution in [3.63, 3.8) is 0 Å². The molecule has 0 aliphatic rings. The van der Waals surface area contributed by atoms with Crippen LogP contribution < -0.4 is 0 Å². The average Bonchev–Trinajstić information content (AvgIpc) is 1.01. The predicted molar refractivity (Wildman–Crippen MR) is 405 cm³/mol. The van der Waals surface area contributed by atoms with Crippen molar-refractivity contribution < 1.29 is 80.2 Å². The monoisotopic (exact) mass is 1450 g/mol. The van der Waals surface area contributed by atoms with Crippen LogP contribution >= 0.6 is 15.6 Å². The number of phosphoric acid groups is 2.